The first-order valence-electron chi connectivity index (χ1n) is 8.50. The highest BCUT2D eigenvalue weighted by Crippen LogP contribution is 2.36. The Morgan fingerprint density at radius 1 is 1.27 bits per heavy atom. The van der Waals surface area contributed by atoms with Crippen LogP contribution in [-0.4, -0.2) is 49.0 Å². The second-order valence-corrected chi connectivity index (χ2v) is 6.76. The van der Waals surface area contributed by atoms with Gasteiger partial charge in [-0.2, -0.15) is 0 Å². The number of methoxy groups -OCH3 is 2. The van der Waals surface area contributed by atoms with Crippen LogP contribution in [0.25, 0.3) is 0 Å². The molecule has 2 unspecified atom stereocenters. The third kappa shape index (κ3) is 2.95. The summed E-state index contributed by atoms with van der Waals surface area (Å²) < 4.78 is 10.5. The van der Waals surface area contributed by atoms with Crippen molar-refractivity contribution in [2.45, 2.75) is 44.3 Å². The van der Waals surface area contributed by atoms with Crippen molar-refractivity contribution in [1.29, 1.82) is 0 Å². The van der Waals surface area contributed by atoms with E-state index in [1.807, 2.05) is 0 Å². The number of urea groups is 1. The molecule has 1 saturated carbocycles. The van der Waals surface area contributed by atoms with Gasteiger partial charge in [-0.05, 0) is 44.4 Å². The Morgan fingerprint density at radius 3 is 2.50 bits per heavy atom. The first-order valence-corrected chi connectivity index (χ1v) is 8.50. The van der Waals surface area contributed by atoms with Crippen LogP contribution < -0.4 is 20.1 Å². The maximum Gasteiger partial charge on any atom is 0.326 e. The van der Waals surface area contributed by atoms with Crippen LogP contribution in [0.15, 0.2) is 18.2 Å². The molecule has 0 bridgehead atoms. The lowest BCUT2D eigenvalue weighted by Gasteiger charge is -2.25. The first kappa shape index (κ1) is 18.0. The quantitative estimate of drug-likeness (QED) is 0.741. The number of nitrogens with zero attached hydrogens (tertiary/aromatic N) is 1. The molecule has 2 atom stereocenters. The minimum Gasteiger partial charge on any atom is -0.493 e. The molecule has 2 N–H and O–H groups in total. The van der Waals surface area contributed by atoms with Gasteiger partial charge in [-0.15, -0.1) is 0 Å². The van der Waals surface area contributed by atoms with Crippen molar-refractivity contribution < 1.29 is 23.9 Å². The zero-order chi connectivity index (χ0) is 19.1. The third-order valence-corrected chi connectivity index (χ3v) is 4.87. The maximum absolute atomic E-state index is 13.0. The van der Waals surface area contributed by atoms with Gasteiger partial charge in [-0.1, -0.05) is 6.07 Å². The summed E-state index contributed by atoms with van der Waals surface area (Å²) in [6.07, 6.45) is 1.87. The van der Waals surface area contributed by atoms with Gasteiger partial charge in [0.25, 0.3) is 5.91 Å². The molecule has 2 fully saturated rings. The molecule has 1 saturated heterocycles. The minimum absolute atomic E-state index is 0.156. The molecule has 8 nitrogen and oxygen atoms in total. The van der Waals surface area contributed by atoms with Crippen LogP contribution in [0.4, 0.5) is 4.79 Å². The predicted molar refractivity (Wildman–Crippen MR) is 92.9 cm³/mol. The van der Waals surface area contributed by atoms with Crippen molar-refractivity contribution in [2.75, 3.05) is 14.2 Å². The Morgan fingerprint density at radius 2 is 1.92 bits per heavy atom. The molecule has 0 aromatic heterocycles. The Hall–Kier alpha value is -2.77. The topological polar surface area (TPSA) is 97.0 Å². The van der Waals surface area contributed by atoms with E-state index < -0.39 is 23.5 Å². The van der Waals surface area contributed by atoms with Crippen molar-refractivity contribution in [1.82, 2.24) is 15.5 Å². The summed E-state index contributed by atoms with van der Waals surface area (Å²) in [6.45, 7) is 3.16. The lowest BCUT2D eigenvalue weighted by Crippen LogP contribution is -2.49. The molecule has 1 aromatic carbocycles. The summed E-state index contributed by atoms with van der Waals surface area (Å²) in [5.74, 6) is 0.164. The number of rotatable bonds is 6. The van der Waals surface area contributed by atoms with Crippen molar-refractivity contribution in [2.24, 2.45) is 0 Å². The molecule has 0 spiro atoms. The highest BCUT2D eigenvalue weighted by molar-refractivity contribution is 6.10. The van der Waals surface area contributed by atoms with Crippen LogP contribution in [-0.2, 0) is 15.1 Å². The number of hydrogen-bond donors (Lipinski definition) is 2. The van der Waals surface area contributed by atoms with E-state index in [-0.39, 0.29) is 11.9 Å². The summed E-state index contributed by atoms with van der Waals surface area (Å²) in [4.78, 5) is 38.7. The number of nitrogens with one attached hydrogen (secondary N) is 2. The van der Waals surface area contributed by atoms with Gasteiger partial charge < -0.3 is 20.1 Å². The SMILES string of the molecule is COc1ccc(C2(C)NC(=O)N(C(C)C(=O)NC3CC3)C2=O)cc1OC. The predicted octanol–water partition coefficient (Wildman–Crippen LogP) is 1.14. The van der Waals surface area contributed by atoms with E-state index in [0.717, 1.165) is 17.7 Å². The number of imide groups is 1. The fourth-order valence-electron chi connectivity index (χ4n) is 3.02. The van der Waals surface area contributed by atoms with Crippen molar-refractivity contribution in [3.63, 3.8) is 0 Å². The number of carbonyl (C=O) groups is 3. The van der Waals surface area contributed by atoms with E-state index in [2.05, 4.69) is 10.6 Å². The van der Waals surface area contributed by atoms with Crippen molar-refractivity contribution >= 4 is 17.8 Å². The van der Waals surface area contributed by atoms with E-state index >= 15 is 0 Å². The first-order chi connectivity index (χ1) is 12.3. The van der Waals surface area contributed by atoms with E-state index in [1.54, 1.807) is 32.0 Å². The summed E-state index contributed by atoms with van der Waals surface area (Å²) in [5.41, 5.74) is -0.740. The van der Waals surface area contributed by atoms with Gasteiger partial charge >= 0.3 is 6.03 Å². The second kappa shape index (κ2) is 6.51. The van der Waals surface area contributed by atoms with Gasteiger partial charge in [-0.3, -0.25) is 9.59 Å². The zero-order valence-corrected chi connectivity index (χ0v) is 15.3. The molecular weight excluding hydrogens is 338 g/mol. The minimum atomic E-state index is -1.29. The Kier molecular flexibility index (Phi) is 4.52. The molecule has 140 valence electrons. The summed E-state index contributed by atoms with van der Waals surface area (Å²) >= 11 is 0. The smallest absolute Gasteiger partial charge is 0.326 e. The third-order valence-electron chi connectivity index (χ3n) is 4.87. The lowest BCUT2D eigenvalue weighted by molar-refractivity contribution is -0.137. The average molecular weight is 361 g/mol. The molecule has 1 heterocycles. The fraction of sp³-hybridized carbons (Fsp3) is 0.500. The molecule has 1 aliphatic carbocycles. The van der Waals surface area contributed by atoms with Gasteiger partial charge in [0.2, 0.25) is 5.91 Å². The lowest BCUT2D eigenvalue weighted by atomic mass is 9.91. The molecule has 26 heavy (non-hydrogen) atoms. The molecule has 3 rings (SSSR count). The van der Waals surface area contributed by atoms with Crippen molar-refractivity contribution in [3.05, 3.63) is 23.8 Å². The fourth-order valence-corrected chi connectivity index (χ4v) is 3.02. The Labute approximate surface area is 151 Å². The summed E-state index contributed by atoms with van der Waals surface area (Å²) in [5, 5.41) is 5.52. The summed E-state index contributed by atoms with van der Waals surface area (Å²) in [6, 6.07) is 3.69. The van der Waals surface area contributed by atoms with Gasteiger partial charge in [0.05, 0.1) is 14.2 Å². The van der Waals surface area contributed by atoms with E-state index in [9.17, 15) is 14.4 Å². The number of benzene rings is 1. The molecule has 8 heteroatoms. The van der Waals surface area contributed by atoms with Crippen molar-refractivity contribution in [3.8, 4) is 11.5 Å². The zero-order valence-electron chi connectivity index (χ0n) is 15.3. The molecule has 4 amide bonds. The highest BCUT2D eigenvalue weighted by Gasteiger charge is 2.52. The standard InChI is InChI=1S/C18H23N3O5/c1-10(15(22)19-12-6-7-12)21-16(23)18(2,20-17(21)24)11-5-8-13(25-3)14(9-11)26-4/h5,8-10,12H,6-7H2,1-4H3,(H,19,22)(H,20,24). The average Bonchev–Trinajstić information content (AvgIpc) is 3.40. The van der Waals surface area contributed by atoms with Crippen LogP contribution in [0.3, 0.4) is 0 Å². The largest absolute Gasteiger partial charge is 0.493 e. The highest BCUT2D eigenvalue weighted by atomic mass is 16.5. The molecular formula is C18H23N3O5. The van der Waals surface area contributed by atoms with Gasteiger partial charge in [-0.25, -0.2) is 9.69 Å². The van der Waals surface area contributed by atoms with Crippen LogP contribution in [0, 0.1) is 0 Å². The second-order valence-electron chi connectivity index (χ2n) is 6.76. The van der Waals surface area contributed by atoms with E-state index in [1.165, 1.54) is 14.2 Å². The Balaban J connectivity index is 1.87. The molecule has 1 aromatic rings. The van der Waals surface area contributed by atoms with Gasteiger partial charge in [0.1, 0.15) is 11.6 Å². The molecule has 0 radical (unpaired) electrons. The van der Waals surface area contributed by atoms with E-state index in [4.69, 9.17) is 9.47 Å². The number of ether oxygens (including phenoxy) is 2. The van der Waals surface area contributed by atoms with Gasteiger partial charge in [0.15, 0.2) is 11.5 Å². The monoisotopic (exact) mass is 361 g/mol. The normalized spacial score (nSPS) is 23.5. The van der Waals surface area contributed by atoms with Gasteiger partial charge in [0, 0.05) is 6.04 Å². The van der Waals surface area contributed by atoms with Crippen LogP contribution >= 0.6 is 0 Å². The number of hydrogen-bond acceptors (Lipinski definition) is 5. The van der Waals surface area contributed by atoms with E-state index in [0.29, 0.717) is 17.1 Å². The Bertz CT molecular complexity index is 761. The maximum atomic E-state index is 13.0. The van der Waals surface area contributed by atoms with Crippen LogP contribution in [0.1, 0.15) is 32.3 Å². The molecule has 1 aliphatic heterocycles. The van der Waals surface area contributed by atoms with Crippen LogP contribution in [0.2, 0.25) is 0 Å². The van der Waals surface area contributed by atoms with Crippen LogP contribution in [0.5, 0.6) is 11.5 Å². The summed E-state index contributed by atoms with van der Waals surface area (Å²) in [7, 11) is 3.01. The molecule has 2 aliphatic rings. The number of amides is 4. The number of carbonyl (C=O) groups excluding carboxylic acids is 3.